The largest absolute Gasteiger partial charge is 0.384 e. The van der Waals surface area contributed by atoms with E-state index in [1.165, 1.54) is 0 Å². The average molecular weight is 285 g/mol. The van der Waals surface area contributed by atoms with Gasteiger partial charge in [0.25, 0.3) is 0 Å². The molecule has 7 nitrogen and oxygen atoms in total. The SMILES string of the molecule is CS(=O)(=O)NCCCNc1cc(N)nc(C2CC2)n1. The summed E-state index contributed by atoms with van der Waals surface area (Å²) in [4.78, 5) is 8.61. The van der Waals surface area contributed by atoms with Gasteiger partial charge in [-0.2, -0.15) is 0 Å². The Balaban J connectivity index is 1.79. The number of aromatic nitrogens is 2. The average Bonchev–Trinajstić information content (AvgIpc) is 3.10. The molecule has 1 aliphatic carbocycles. The van der Waals surface area contributed by atoms with Crippen LogP contribution in [0.15, 0.2) is 6.07 Å². The second-order valence-corrected chi connectivity index (χ2v) is 6.59. The predicted molar refractivity (Wildman–Crippen MR) is 74.4 cm³/mol. The molecule has 0 saturated heterocycles. The molecule has 1 aromatic heterocycles. The molecule has 2 rings (SSSR count). The van der Waals surface area contributed by atoms with Gasteiger partial charge >= 0.3 is 0 Å². The van der Waals surface area contributed by atoms with Gasteiger partial charge in [0.15, 0.2) is 0 Å². The van der Waals surface area contributed by atoms with Crippen LogP contribution < -0.4 is 15.8 Å². The van der Waals surface area contributed by atoms with Crippen molar-refractivity contribution in [3.05, 3.63) is 11.9 Å². The van der Waals surface area contributed by atoms with E-state index >= 15 is 0 Å². The maximum Gasteiger partial charge on any atom is 0.208 e. The fourth-order valence-electron chi connectivity index (χ4n) is 1.66. The highest BCUT2D eigenvalue weighted by Crippen LogP contribution is 2.38. The molecule has 0 aliphatic heterocycles. The van der Waals surface area contributed by atoms with E-state index in [2.05, 4.69) is 20.0 Å². The van der Waals surface area contributed by atoms with Gasteiger partial charge in [-0.1, -0.05) is 0 Å². The zero-order chi connectivity index (χ0) is 13.9. The van der Waals surface area contributed by atoms with E-state index in [-0.39, 0.29) is 0 Å². The smallest absolute Gasteiger partial charge is 0.208 e. The fourth-order valence-corrected chi connectivity index (χ4v) is 2.18. The first-order valence-electron chi connectivity index (χ1n) is 6.27. The Kier molecular flexibility index (Phi) is 4.20. The van der Waals surface area contributed by atoms with Crippen molar-refractivity contribution in [2.45, 2.75) is 25.2 Å². The number of nitrogens with one attached hydrogen (secondary N) is 2. The second-order valence-electron chi connectivity index (χ2n) is 4.76. The number of rotatable bonds is 7. The van der Waals surface area contributed by atoms with Gasteiger partial charge in [-0.15, -0.1) is 0 Å². The maximum atomic E-state index is 10.9. The van der Waals surface area contributed by atoms with Gasteiger partial charge in [-0.05, 0) is 19.3 Å². The van der Waals surface area contributed by atoms with Crippen molar-refractivity contribution in [3.8, 4) is 0 Å². The minimum absolute atomic E-state index is 0.405. The Hall–Kier alpha value is -1.41. The van der Waals surface area contributed by atoms with E-state index in [0.29, 0.717) is 37.1 Å². The van der Waals surface area contributed by atoms with E-state index in [4.69, 9.17) is 5.73 Å². The number of sulfonamides is 1. The number of nitrogens with zero attached hydrogens (tertiary/aromatic N) is 2. The van der Waals surface area contributed by atoms with Gasteiger partial charge < -0.3 is 11.1 Å². The quantitative estimate of drug-likeness (QED) is 0.621. The molecular weight excluding hydrogens is 266 g/mol. The molecule has 19 heavy (non-hydrogen) atoms. The number of nitrogen functional groups attached to an aromatic ring is 1. The van der Waals surface area contributed by atoms with Crippen molar-refractivity contribution in [1.29, 1.82) is 0 Å². The molecule has 0 unspecified atom stereocenters. The van der Waals surface area contributed by atoms with Gasteiger partial charge in [0.2, 0.25) is 10.0 Å². The number of anilines is 2. The van der Waals surface area contributed by atoms with Crippen LogP contribution in [0.4, 0.5) is 11.6 Å². The van der Waals surface area contributed by atoms with Gasteiger partial charge in [0, 0.05) is 25.1 Å². The van der Waals surface area contributed by atoms with Crippen LogP contribution in [0.2, 0.25) is 0 Å². The van der Waals surface area contributed by atoms with Crippen LogP contribution in [0.3, 0.4) is 0 Å². The van der Waals surface area contributed by atoms with Crippen molar-refractivity contribution in [2.75, 3.05) is 30.4 Å². The third-order valence-corrected chi connectivity index (χ3v) is 3.46. The molecule has 0 amide bonds. The second kappa shape index (κ2) is 5.70. The Bertz CT molecular complexity index is 542. The van der Waals surface area contributed by atoms with E-state index in [1.807, 2.05) is 0 Å². The first-order chi connectivity index (χ1) is 8.94. The number of nitrogens with two attached hydrogens (primary N) is 1. The molecule has 1 aliphatic rings. The molecule has 1 heterocycles. The number of hydrogen-bond acceptors (Lipinski definition) is 6. The van der Waals surface area contributed by atoms with Gasteiger partial charge in [-0.25, -0.2) is 23.1 Å². The van der Waals surface area contributed by atoms with Crippen LogP contribution in [0, 0.1) is 0 Å². The molecule has 8 heteroatoms. The summed E-state index contributed by atoms with van der Waals surface area (Å²) < 4.78 is 24.2. The van der Waals surface area contributed by atoms with Crippen molar-refractivity contribution in [2.24, 2.45) is 0 Å². The van der Waals surface area contributed by atoms with Crippen molar-refractivity contribution >= 4 is 21.7 Å². The summed E-state index contributed by atoms with van der Waals surface area (Å²) in [6.07, 6.45) is 4.07. The molecule has 1 aromatic rings. The molecule has 106 valence electrons. The predicted octanol–water partition coefficient (Wildman–Crippen LogP) is 0.287. The van der Waals surface area contributed by atoms with E-state index in [0.717, 1.165) is 24.9 Å². The summed E-state index contributed by atoms with van der Waals surface area (Å²) in [5, 5.41) is 3.13. The van der Waals surface area contributed by atoms with Crippen LogP contribution in [0.5, 0.6) is 0 Å². The molecule has 4 N–H and O–H groups in total. The van der Waals surface area contributed by atoms with Crippen molar-refractivity contribution in [3.63, 3.8) is 0 Å². The summed E-state index contributed by atoms with van der Waals surface area (Å²) in [6, 6.07) is 1.69. The normalized spacial score (nSPS) is 15.4. The van der Waals surface area contributed by atoms with E-state index < -0.39 is 10.0 Å². The van der Waals surface area contributed by atoms with Gasteiger partial charge in [-0.3, -0.25) is 0 Å². The lowest BCUT2D eigenvalue weighted by molar-refractivity contribution is 0.586. The zero-order valence-corrected chi connectivity index (χ0v) is 11.7. The van der Waals surface area contributed by atoms with Crippen molar-refractivity contribution in [1.82, 2.24) is 14.7 Å². The monoisotopic (exact) mass is 285 g/mol. The minimum Gasteiger partial charge on any atom is -0.384 e. The van der Waals surface area contributed by atoms with E-state index in [1.54, 1.807) is 6.07 Å². The fraction of sp³-hybridized carbons (Fsp3) is 0.636. The zero-order valence-electron chi connectivity index (χ0n) is 10.9. The molecule has 0 bridgehead atoms. The first-order valence-corrected chi connectivity index (χ1v) is 8.16. The molecule has 0 radical (unpaired) electrons. The van der Waals surface area contributed by atoms with Crippen molar-refractivity contribution < 1.29 is 8.42 Å². The van der Waals surface area contributed by atoms with Crippen LogP contribution >= 0.6 is 0 Å². The highest BCUT2D eigenvalue weighted by molar-refractivity contribution is 7.88. The maximum absolute atomic E-state index is 10.9. The molecule has 1 fully saturated rings. The summed E-state index contributed by atoms with van der Waals surface area (Å²) >= 11 is 0. The summed E-state index contributed by atoms with van der Waals surface area (Å²) in [6.45, 7) is 1.03. The van der Waals surface area contributed by atoms with E-state index in [9.17, 15) is 8.42 Å². The van der Waals surface area contributed by atoms with Gasteiger partial charge in [0.1, 0.15) is 17.5 Å². The third-order valence-electron chi connectivity index (χ3n) is 2.73. The Morgan fingerprint density at radius 3 is 2.74 bits per heavy atom. The minimum atomic E-state index is -3.11. The lowest BCUT2D eigenvalue weighted by Crippen LogP contribution is -2.24. The summed E-state index contributed by atoms with van der Waals surface area (Å²) in [5.41, 5.74) is 5.73. The lowest BCUT2D eigenvalue weighted by Gasteiger charge is -2.08. The number of hydrogen-bond donors (Lipinski definition) is 3. The Morgan fingerprint density at radius 2 is 2.11 bits per heavy atom. The standard InChI is InChI=1S/C11H19N5O2S/c1-19(17,18)14-6-2-5-13-10-7-9(12)15-11(16-10)8-3-4-8/h7-8,14H,2-6H2,1H3,(H3,12,13,15,16). The summed E-state index contributed by atoms with van der Waals surface area (Å²) in [5.74, 6) is 2.43. The summed E-state index contributed by atoms with van der Waals surface area (Å²) in [7, 11) is -3.11. The first kappa shape index (κ1) is 14.0. The highest BCUT2D eigenvalue weighted by atomic mass is 32.2. The molecule has 0 atom stereocenters. The van der Waals surface area contributed by atoms with Gasteiger partial charge in [0.05, 0.1) is 6.26 Å². The topological polar surface area (TPSA) is 110 Å². The third kappa shape index (κ3) is 4.99. The molecule has 0 aromatic carbocycles. The lowest BCUT2D eigenvalue weighted by atomic mass is 10.3. The molecular formula is C11H19N5O2S. The van der Waals surface area contributed by atoms with Crippen LogP contribution in [0.25, 0.3) is 0 Å². The molecule has 1 saturated carbocycles. The molecule has 0 spiro atoms. The Morgan fingerprint density at radius 1 is 1.37 bits per heavy atom. The Labute approximate surface area is 113 Å². The van der Waals surface area contributed by atoms with Crippen LogP contribution in [0.1, 0.15) is 31.0 Å². The van der Waals surface area contributed by atoms with Crippen LogP contribution in [-0.4, -0.2) is 37.7 Å². The highest BCUT2D eigenvalue weighted by Gasteiger charge is 2.27. The van der Waals surface area contributed by atoms with Crippen LogP contribution in [-0.2, 0) is 10.0 Å².